The average molecular weight is 415 g/mol. The standard InChI is InChI=1S/C18H22N4O3.2ClH/c19-9-15-8-13(11-25-15)18(24)21-14-4-1-3-12(7-14)10-22-6-2-5-16(22)17(20)23;;/h1,3-4,7-8,11,16H,2,5-6,9-10,19H2,(H2,20,23)(H,21,24);2*1H. The van der Waals surface area contributed by atoms with E-state index in [9.17, 15) is 9.59 Å². The summed E-state index contributed by atoms with van der Waals surface area (Å²) in [7, 11) is 0. The highest BCUT2D eigenvalue weighted by Crippen LogP contribution is 2.21. The molecule has 0 aliphatic carbocycles. The van der Waals surface area contributed by atoms with Gasteiger partial charge in [0.2, 0.25) is 5.91 Å². The van der Waals surface area contributed by atoms with E-state index in [4.69, 9.17) is 15.9 Å². The molecule has 2 amide bonds. The van der Waals surface area contributed by atoms with Crippen LogP contribution in [-0.4, -0.2) is 29.3 Å². The maximum atomic E-state index is 12.3. The zero-order valence-corrected chi connectivity index (χ0v) is 16.4. The number of hydrogen-bond acceptors (Lipinski definition) is 5. The van der Waals surface area contributed by atoms with E-state index in [1.54, 1.807) is 6.07 Å². The third-order valence-electron chi connectivity index (χ3n) is 4.38. The van der Waals surface area contributed by atoms with Crippen molar-refractivity contribution in [3.05, 3.63) is 53.5 Å². The van der Waals surface area contributed by atoms with E-state index in [0.717, 1.165) is 24.9 Å². The predicted molar refractivity (Wildman–Crippen MR) is 108 cm³/mol. The molecule has 27 heavy (non-hydrogen) atoms. The van der Waals surface area contributed by atoms with Crippen LogP contribution in [0.25, 0.3) is 0 Å². The Morgan fingerprint density at radius 3 is 2.70 bits per heavy atom. The molecule has 1 unspecified atom stereocenters. The SMILES string of the molecule is Cl.Cl.NCc1cc(C(=O)Nc2cccc(CN3CCCC3C(N)=O)c2)co1. The Bertz CT molecular complexity index is 781. The maximum Gasteiger partial charge on any atom is 0.258 e. The van der Waals surface area contributed by atoms with Crippen LogP contribution in [0.1, 0.15) is 34.5 Å². The van der Waals surface area contributed by atoms with Gasteiger partial charge in [-0.2, -0.15) is 0 Å². The van der Waals surface area contributed by atoms with Crippen molar-refractivity contribution in [2.45, 2.75) is 32.0 Å². The van der Waals surface area contributed by atoms with Gasteiger partial charge >= 0.3 is 0 Å². The topological polar surface area (TPSA) is 115 Å². The number of carbonyl (C=O) groups excluding carboxylic acids is 2. The van der Waals surface area contributed by atoms with Crippen molar-refractivity contribution in [3.8, 4) is 0 Å². The molecule has 0 saturated carbocycles. The Kier molecular flexibility index (Phi) is 8.78. The first kappa shape index (κ1) is 23.0. The number of rotatable bonds is 6. The van der Waals surface area contributed by atoms with Crippen LogP contribution in [0.15, 0.2) is 41.0 Å². The number of nitrogens with one attached hydrogen (secondary N) is 1. The van der Waals surface area contributed by atoms with Gasteiger partial charge in [-0.05, 0) is 43.1 Å². The Balaban J connectivity index is 0.00000182. The molecule has 2 aromatic rings. The number of furan rings is 1. The molecule has 5 N–H and O–H groups in total. The number of likely N-dealkylation sites (tertiary alicyclic amines) is 1. The van der Waals surface area contributed by atoms with Crippen LogP contribution in [0.2, 0.25) is 0 Å². The minimum atomic E-state index is -0.280. The van der Waals surface area contributed by atoms with Crippen LogP contribution in [-0.2, 0) is 17.9 Å². The molecule has 7 nitrogen and oxygen atoms in total. The highest BCUT2D eigenvalue weighted by Gasteiger charge is 2.28. The van der Waals surface area contributed by atoms with Gasteiger partial charge in [0, 0.05) is 12.2 Å². The largest absolute Gasteiger partial charge is 0.467 e. The zero-order chi connectivity index (χ0) is 17.8. The molecule has 1 saturated heterocycles. The lowest BCUT2D eigenvalue weighted by Crippen LogP contribution is -2.39. The molecule has 1 aromatic carbocycles. The number of hydrogen-bond donors (Lipinski definition) is 3. The summed E-state index contributed by atoms with van der Waals surface area (Å²) >= 11 is 0. The van der Waals surface area contributed by atoms with Gasteiger partial charge in [-0.15, -0.1) is 24.8 Å². The molecule has 1 fully saturated rings. The summed E-state index contributed by atoms with van der Waals surface area (Å²) in [6.07, 6.45) is 3.16. The third-order valence-corrected chi connectivity index (χ3v) is 4.38. The number of halogens is 2. The first-order valence-electron chi connectivity index (χ1n) is 8.28. The number of benzene rings is 1. The Labute approximate surface area is 170 Å². The van der Waals surface area contributed by atoms with Gasteiger partial charge in [0.15, 0.2) is 0 Å². The predicted octanol–water partition coefficient (Wildman–Crippen LogP) is 2.28. The summed E-state index contributed by atoms with van der Waals surface area (Å²) < 4.78 is 5.18. The lowest BCUT2D eigenvalue weighted by Gasteiger charge is -2.22. The zero-order valence-electron chi connectivity index (χ0n) is 14.7. The second-order valence-corrected chi connectivity index (χ2v) is 6.19. The van der Waals surface area contributed by atoms with Crippen molar-refractivity contribution in [2.24, 2.45) is 11.5 Å². The molecule has 2 heterocycles. The van der Waals surface area contributed by atoms with Crippen LogP contribution in [0.3, 0.4) is 0 Å². The van der Waals surface area contributed by atoms with Gasteiger partial charge in [0.05, 0.1) is 18.2 Å². The fourth-order valence-electron chi connectivity index (χ4n) is 3.13. The normalized spacial score (nSPS) is 16.3. The molecule has 9 heteroatoms. The lowest BCUT2D eigenvalue weighted by atomic mass is 10.1. The van der Waals surface area contributed by atoms with Crippen molar-refractivity contribution in [3.63, 3.8) is 0 Å². The van der Waals surface area contributed by atoms with Crippen molar-refractivity contribution in [2.75, 3.05) is 11.9 Å². The van der Waals surface area contributed by atoms with E-state index >= 15 is 0 Å². The summed E-state index contributed by atoms with van der Waals surface area (Å²) in [5, 5.41) is 2.85. The molecular formula is C18H24Cl2N4O3. The van der Waals surface area contributed by atoms with Crippen LogP contribution < -0.4 is 16.8 Å². The molecule has 1 aliphatic rings. The van der Waals surface area contributed by atoms with Gasteiger partial charge in [0.25, 0.3) is 5.91 Å². The molecular weight excluding hydrogens is 391 g/mol. The minimum absolute atomic E-state index is 0. The summed E-state index contributed by atoms with van der Waals surface area (Å²) in [6.45, 7) is 1.72. The van der Waals surface area contributed by atoms with Crippen LogP contribution in [0.5, 0.6) is 0 Å². The van der Waals surface area contributed by atoms with E-state index < -0.39 is 0 Å². The molecule has 3 rings (SSSR count). The smallest absolute Gasteiger partial charge is 0.258 e. The third kappa shape index (κ3) is 5.71. The fourth-order valence-corrected chi connectivity index (χ4v) is 3.13. The number of nitrogens with zero attached hydrogens (tertiary/aromatic N) is 1. The first-order valence-corrected chi connectivity index (χ1v) is 8.28. The Morgan fingerprint density at radius 2 is 2.04 bits per heavy atom. The van der Waals surface area contributed by atoms with Gasteiger partial charge in [-0.1, -0.05) is 12.1 Å². The van der Waals surface area contributed by atoms with Gasteiger partial charge in [-0.3, -0.25) is 14.5 Å². The van der Waals surface area contributed by atoms with Crippen LogP contribution in [0.4, 0.5) is 5.69 Å². The Morgan fingerprint density at radius 1 is 1.26 bits per heavy atom. The van der Waals surface area contributed by atoms with Crippen molar-refractivity contribution < 1.29 is 14.0 Å². The number of carbonyl (C=O) groups is 2. The molecule has 148 valence electrons. The Hall–Kier alpha value is -2.06. The second kappa shape index (κ2) is 10.3. The van der Waals surface area contributed by atoms with E-state index in [1.165, 1.54) is 6.26 Å². The average Bonchev–Trinajstić information content (AvgIpc) is 3.24. The summed E-state index contributed by atoms with van der Waals surface area (Å²) in [4.78, 5) is 25.8. The van der Waals surface area contributed by atoms with E-state index in [0.29, 0.717) is 23.6 Å². The molecule has 1 aliphatic heterocycles. The second-order valence-electron chi connectivity index (χ2n) is 6.19. The minimum Gasteiger partial charge on any atom is -0.467 e. The quantitative estimate of drug-likeness (QED) is 0.670. The van der Waals surface area contributed by atoms with Crippen molar-refractivity contribution >= 4 is 42.3 Å². The van der Waals surface area contributed by atoms with Crippen molar-refractivity contribution in [1.29, 1.82) is 0 Å². The van der Waals surface area contributed by atoms with Gasteiger partial charge in [-0.25, -0.2) is 0 Å². The van der Waals surface area contributed by atoms with E-state index in [2.05, 4.69) is 10.2 Å². The summed E-state index contributed by atoms with van der Waals surface area (Å²) in [5.74, 6) is 0.0276. The number of amides is 2. The monoisotopic (exact) mass is 414 g/mol. The summed E-state index contributed by atoms with van der Waals surface area (Å²) in [6, 6.07) is 8.98. The van der Waals surface area contributed by atoms with Gasteiger partial charge in [0.1, 0.15) is 12.0 Å². The first-order chi connectivity index (χ1) is 12.1. The maximum absolute atomic E-state index is 12.3. The van der Waals surface area contributed by atoms with Crippen LogP contribution in [0, 0.1) is 0 Å². The number of nitrogens with two attached hydrogens (primary N) is 2. The van der Waals surface area contributed by atoms with E-state index in [1.807, 2.05) is 24.3 Å². The molecule has 0 spiro atoms. The summed E-state index contributed by atoms with van der Waals surface area (Å²) in [5.41, 5.74) is 13.1. The number of anilines is 1. The van der Waals surface area contributed by atoms with Crippen LogP contribution >= 0.6 is 24.8 Å². The van der Waals surface area contributed by atoms with E-state index in [-0.39, 0.29) is 49.2 Å². The number of primary amides is 1. The highest BCUT2D eigenvalue weighted by molar-refractivity contribution is 6.04. The fraction of sp³-hybridized carbons (Fsp3) is 0.333. The molecule has 0 bridgehead atoms. The molecule has 0 radical (unpaired) electrons. The lowest BCUT2D eigenvalue weighted by molar-refractivity contribution is -0.122. The molecule has 1 aromatic heterocycles. The van der Waals surface area contributed by atoms with Gasteiger partial charge < -0.3 is 21.2 Å². The van der Waals surface area contributed by atoms with Crippen molar-refractivity contribution in [1.82, 2.24) is 4.90 Å². The molecule has 1 atom stereocenters. The highest BCUT2D eigenvalue weighted by atomic mass is 35.5.